The summed E-state index contributed by atoms with van der Waals surface area (Å²) in [6, 6.07) is 7.39. The van der Waals surface area contributed by atoms with E-state index in [9.17, 15) is 9.59 Å². The number of aryl methyl sites for hydroxylation is 1. The Hall–Kier alpha value is -1.97. The molecule has 0 saturated heterocycles. The molecule has 4 nitrogen and oxygen atoms in total. The van der Waals surface area contributed by atoms with Crippen LogP contribution in [-0.2, 0) is 11.3 Å². The predicted octanol–water partition coefficient (Wildman–Crippen LogP) is 2.16. The number of carbonyl (C=O) groups is 1. The van der Waals surface area contributed by atoms with Crippen molar-refractivity contribution in [2.75, 3.05) is 0 Å². The van der Waals surface area contributed by atoms with Crippen LogP contribution < -0.4 is 5.56 Å². The topological polar surface area (TPSA) is 52.0 Å². The van der Waals surface area contributed by atoms with E-state index in [0.29, 0.717) is 31.2 Å². The van der Waals surface area contributed by atoms with Gasteiger partial charge < -0.3 is 0 Å². The largest absolute Gasteiger partial charge is 0.300 e. The lowest BCUT2D eigenvalue weighted by Crippen LogP contribution is -2.23. The fourth-order valence-electron chi connectivity index (χ4n) is 1.89. The van der Waals surface area contributed by atoms with Gasteiger partial charge in [0.2, 0.25) is 0 Å². The predicted molar refractivity (Wildman–Crippen MR) is 70.5 cm³/mol. The highest BCUT2D eigenvalue weighted by Gasteiger charge is 2.04. The summed E-state index contributed by atoms with van der Waals surface area (Å²) in [5, 5.41) is 5.65. The molecule has 0 unspecified atom stereocenters. The average molecular weight is 244 g/mol. The molecule has 1 aromatic heterocycles. The number of hydrogen-bond acceptors (Lipinski definition) is 3. The van der Waals surface area contributed by atoms with E-state index in [4.69, 9.17) is 0 Å². The van der Waals surface area contributed by atoms with Crippen molar-refractivity contribution in [3.8, 4) is 0 Å². The zero-order valence-electron chi connectivity index (χ0n) is 10.4. The van der Waals surface area contributed by atoms with Gasteiger partial charge in [-0.1, -0.05) is 25.1 Å². The van der Waals surface area contributed by atoms with Gasteiger partial charge in [0, 0.05) is 24.8 Å². The summed E-state index contributed by atoms with van der Waals surface area (Å²) in [5.41, 5.74) is -0.0861. The molecule has 0 bridgehead atoms. The summed E-state index contributed by atoms with van der Waals surface area (Å²) in [6.45, 7) is 2.35. The zero-order chi connectivity index (χ0) is 13.0. The van der Waals surface area contributed by atoms with E-state index in [0.717, 1.165) is 5.39 Å². The van der Waals surface area contributed by atoms with Crippen LogP contribution in [0.2, 0.25) is 0 Å². The Morgan fingerprint density at radius 2 is 2.11 bits per heavy atom. The summed E-state index contributed by atoms with van der Waals surface area (Å²) in [6.07, 6.45) is 3.42. The van der Waals surface area contributed by atoms with Crippen LogP contribution in [0.1, 0.15) is 26.2 Å². The van der Waals surface area contributed by atoms with Gasteiger partial charge in [-0.3, -0.25) is 9.59 Å². The molecular formula is C14H16N2O2. The zero-order valence-corrected chi connectivity index (χ0v) is 10.4. The summed E-state index contributed by atoms with van der Waals surface area (Å²) >= 11 is 0. The van der Waals surface area contributed by atoms with Crippen molar-refractivity contribution >= 4 is 16.6 Å². The number of nitrogens with zero attached hydrogens (tertiary/aromatic N) is 2. The number of fused-ring (bicyclic) bond motifs is 1. The Labute approximate surface area is 105 Å². The molecule has 2 rings (SSSR count). The lowest BCUT2D eigenvalue weighted by atomic mass is 10.2. The fraction of sp³-hybridized carbons (Fsp3) is 0.357. The lowest BCUT2D eigenvalue weighted by molar-refractivity contribution is -0.118. The smallest absolute Gasteiger partial charge is 0.274 e. The first-order valence-electron chi connectivity index (χ1n) is 6.19. The molecule has 0 aliphatic rings. The molecule has 0 aliphatic heterocycles. The molecule has 0 amide bonds. The summed E-state index contributed by atoms with van der Waals surface area (Å²) in [4.78, 5) is 23.3. The maximum Gasteiger partial charge on any atom is 0.274 e. The minimum absolute atomic E-state index is 0.0861. The summed E-state index contributed by atoms with van der Waals surface area (Å²) < 4.78 is 1.44. The average Bonchev–Trinajstić information content (AvgIpc) is 2.41. The number of rotatable bonds is 5. The van der Waals surface area contributed by atoms with E-state index >= 15 is 0 Å². The van der Waals surface area contributed by atoms with Crippen molar-refractivity contribution in [1.82, 2.24) is 9.78 Å². The van der Waals surface area contributed by atoms with E-state index < -0.39 is 0 Å². The normalized spacial score (nSPS) is 10.7. The van der Waals surface area contributed by atoms with Crippen molar-refractivity contribution in [3.63, 3.8) is 0 Å². The molecule has 2 aromatic rings. The van der Waals surface area contributed by atoms with Crippen molar-refractivity contribution in [1.29, 1.82) is 0 Å². The van der Waals surface area contributed by atoms with Gasteiger partial charge >= 0.3 is 0 Å². The molecule has 0 N–H and O–H groups in total. The quantitative estimate of drug-likeness (QED) is 0.809. The molecule has 4 heteroatoms. The lowest BCUT2D eigenvalue weighted by Gasteiger charge is -2.05. The molecule has 0 atom stereocenters. The SMILES string of the molecule is CCC(=O)CCCn1ncc2ccccc2c1=O. The minimum Gasteiger partial charge on any atom is -0.300 e. The Morgan fingerprint density at radius 3 is 2.89 bits per heavy atom. The Balaban J connectivity index is 2.17. The number of hydrogen-bond donors (Lipinski definition) is 0. The van der Waals surface area contributed by atoms with Crippen LogP contribution in [0.5, 0.6) is 0 Å². The molecule has 1 aromatic carbocycles. The third kappa shape index (κ3) is 2.64. The molecule has 0 radical (unpaired) electrons. The Kier molecular flexibility index (Phi) is 3.87. The van der Waals surface area contributed by atoms with Crippen LogP contribution in [0.4, 0.5) is 0 Å². The van der Waals surface area contributed by atoms with Crippen LogP contribution in [-0.4, -0.2) is 15.6 Å². The third-order valence-corrected chi connectivity index (χ3v) is 2.98. The van der Waals surface area contributed by atoms with Crippen LogP contribution in [0.15, 0.2) is 35.3 Å². The van der Waals surface area contributed by atoms with Crippen LogP contribution in [0.3, 0.4) is 0 Å². The van der Waals surface area contributed by atoms with Gasteiger partial charge in [0.25, 0.3) is 5.56 Å². The molecule has 0 spiro atoms. The van der Waals surface area contributed by atoms with Gasteiger partial charge in [-0.05, 0) is 12.5 Å². The van der Waals surface area contributed by atoms with E-state index in [1.807, 2.05) is 25.1 Å². The molecule has 18 heavy (non-hydrogen) atoms. The fourth-order valence-corrected chi connectivity index (χ4v) is 1.89. The van der Waals surface area contributed by atoms with Gasteiger partial charge in [-0.15, -0.1) is 0 Å². The number of ketones is 1. The first-order chi connectivity index (χ1) is 8.72. The van der Waals surface area contributed by atoms with Crippen LogP contribution >= 0.6 is 0 Å². The monoisotopic (exact) mass is 244 g/mol. The molecule has 1 heterocycles. The molecule has 0 saturated carbocycles. The van der Waals surface area contributed by atoms with Crippen molar-refractivity contribution in [2.45, 2.75) is 32.7 Å². The van der Waals surface area contributed by atoms with Gasteiger partial charge in [-0.25, -0.2) is 4.68 Å². The Morgan fingerprint density at radius 1 is 1.33 bits per heavy atom. The van der Waals surface area contributed by atoms with Crippen molar-refractivity contribution in [2.24, 2.45) is 0 Å². The minimum atomic E-state index is -0.0861. The highest BCUT2D eigenvalue weighted by Crippen LogP contribution is 2.06. The number of aromatic nitrogens is 2. The molecule has 0 aliphatic carbocycles. The first-order valence-corrected chi connectivity index (χ1v) is 6.19. The van der Waals surface area contributed by atoms with Gasteiger partial charge in [0.15, 0.2) is 0 Å². The van der Waals surface area contributed by atoms with E-state index in [-0.39, 0.29) is 11.3 Å². The van der Waals surface area contributed by atoms with Crippen molar-refractivity contribution in [3.05, 3.63) is 40.8 Å². The Bertz CT molecular complexity index is 616. The van der Waals surface area contributed by atoms with E-state index in [1.54, 1.807) is 12.3 Å². The number of Topliss-reactive ketones (excluding diaryl/α,β-unsaturated/α-hetero) is 1. The highest BCUT2D eigenvalue weighted by molar-refractivity contribution is 5.80. The second-order valence-electron chi connectivity index (χ2n) is 4.26. The second kappa shape index (κ2) is 5.58. The number of benzene rings is 1. The third-order valence-electron chi connectivity index (χ3n) is 2.98. The number of carbonyl (C=O) groups excluding carboxylic acids is 1. The maximum absolute atomic E-state index is 12.1. The maximum atomic E-state index is 12.1. The first kappa shape index (κ1) is 12.5. The summed E-state index contributed by atoms with van der Waals surface area (Å²) in [7, 11) is 0. The van der Waals surface area contributed by atoms with Gasteiger partial charge in [0.05, 0.1) is 11.6 Å². The molecule has 0 fully saturated rings. The second-order valence-corrected chi connectivity index (χ2v) is 4.26. The van der Waals surface area contributed by atoms with Crippen molar-refractivity contribution < 1.29 is 4.79 Å². The molecule has 94 valence electrons. The van der Waals surface area contributed by atoms with E-state index in [1.165, 1.54) is 4.68 Å². The van der Waals surface area contributed by atoms with Gasteiger partial charge in [-0.2, -0.15) is 5.10 Å². The summed E-state index contributed by atoms with van der Waals surface area (Å²) in [5.74, 6) is 0.226. The highest BCUT2D eigenvalue weighted by atomic mass is 16.1. The van der Waals surface area contributed by atoms with Crippen LogP contribution in [0.25, 0.3) is 10.8 Å². The standard InChI is InChI=1S/C14H16N2O2/c1-2-12(17)7-5-9-16-14(18)13-8-4-3-6-11(13)10-15-16/h3-4,6,8,10H,2,5,7,9H2,1H3. The van der Waals surface area contributed by atoms with Crippen LogP contribution in [0, 0.1) is 0 Å². The molecular weight excluding hydrogens is 228 g/mol. The van der Waals surface area contributed by atoms with Gasteiger partial charge in [0.1, 0.15) is 5.78 Å². The van der Waals surface area contributed by atoms with E-state index in [2.05, 4.69) is 5.10 Å².